The van der Waals surface area contributed by atoms with Crippen LogP contribution >= 0.6 is 0 Å². The van der Waals surface area contributed by atoms with Crippen LogP contribution in [0.3, 0.4) is 0 Å². The normalized spacial score (nSPS) is 14.6. The van der Waals surface area contributed by atoms with Gasteiger partial charge in [-0.05, 0) is 44.4 Å². The predicted molar refractivity (Wildman–Crippen MR) is 132 cm³/mol. The summed E-state index contributed by atoms with van der Waals surface area (Å²) in [6.45, 7) is 0. The number of benzene rings is 6. The Bertz CT molecular complexity index is 2050. The molecule has 144 valence electrons. The second-order valence-electron chi connectivity index (χ2n) is 7.68. The van der Waals surface area contributed by atoms with Gasteiger partial charge in [0.1, 0.15) is 11.2 Å². The van der Waals surface area contributed by atoms with Crippen LogP contribution in [0, 0.1) is 0 Å². The van der Waals surface area contributed by atoms with Crippen LogP contribution < -0.4 is 0 Å². The first-order valence-corrected chi connectivity index (χ1v) is 10.1. The van der Waals surface area contributed by atoms with E-state index in [0.717, 1.165) is 32.7 Å². The Morgan fingerprint density at radius 1 is 0.581 bits per heavy atom. The van der Waals surface area contributed by atoms with Crippen LogP contribution in [0.5, 0.6) is 0 Å². The summed E-state index contributed by atoms with van der Waals surface area (Å²) in [4.78, 5) is 0. The molecule has 7 aromatic rings. The number of hydrogen-bond acceptors (Lipinski definition) is 1. The van der Waals surface area contributed by atoms with Gasteiger partial charge in [-0.2, -0.15) is 0 Å². The highest BCUT2D eigenvalue weighted by Crippen LogP contribution is 2.43. The maximum Gasteiger partial charge on any atom is 0.143 e. The Morgan fingerprint density at radius 2 is 1.29 bits per heavy atom. The smallest absolute Gasteiger partial charge is 0.143 e. The molecule has 0 fully saturated rings. The molecular weight excluding hydrogens is 376 g/mol. The Hall–Kier alpha value is -4.10. The second kappa shape index (κ2) is 6.20. The van der Waals surface area contributed by atoms with E-state index in [1.165, 1.54) is 0 Å². The lowest BCUT2D eigenvalue weighted by molar-refractivity contribution is 0.670. The highest BCUT2D eigenvalue weighted by atomic mass is 16.3. The van der Waals surface area contributed by atoms with Gasteiger partial charge in [0, 0.05) is 21.9 Å². The largest absolute Gasteiger partial charge is 0.455 e. The quantitative estimate of drug-likeness (QED) is 0.251. The summed E-state index contributed by atoms with van der Waals surface area (Å²) >= 11 is 0. The van der Waals surface area contributed by atoms with Crippen molar-refractivity contribution in [2.75, 3.05) is 0 Å². The number of para-hydroxylation sites is 1. The molecular formula is C30H18O. The Balaban J connectivity index is 1.73. The zero-order valence-corrected chi connectivity index (χ0v) is 16.3. The van der Waals surface area contributed by atoms with Gasteiger partial charge >= 0.3 is 0 Å². The van der Waals surface area contributed by atoms with E-state index in [1.807, 2.05) is 42.5 Å². The molecule has 1 aromatic heterocycles. The van der Waals surface area contributed by atoms with Crippen molar-refractivity contribution < 1.29 is 12.6 Å². The minimum Gasteiger partial charge on any atom is -0.455 e. The molecule has 0 unspecified atom stereocenters. The molecule has 0 aliphatic rings. The summed E-state index contributed by atoms with van der Waals surface area (Å²) < 4.78 is 57.1. The summed E-state index contributed by atoms with van der Waals surface area (Å²) in [6, 6.07) is 22.4. The van der Waals surface area contributed by atoms with Crippen molar-refractivity contribution in [1.29, 1.82) is 0 Å². The first-order chi connectivity index (χ1) is 17.9. The van der Waals surface area contributed by atoms with Crippen molar-refractivity contribution in [3.63, 3.8) is 0 Å². The third-order valence-corrected chi connectivity index (χ3v) is 5.99. The summed E-state index contributed by atoms with van der Waals surface area (Å²) in [5.74, 6) is 0. The molecule has 31 heavy (non-hydrogen) atoms. The van der Waals surface area contributed by atoms with Crippen LogP contribution in [0.15, 0.2) is 113 Å². The van der Waals surface area contributed by atoms with Crippen molar-refractivity contribution in [2.45, 2.75) is 0 Å². The fourth-order valence-electron chi connectivity index (χ4n) is 4.67. The van der Waals surface area contributed by atoms with Gasteiger partial charge in [-0.1, -0.05) is 96.9 Å². The molecule has 0 saturated carbocycles. The van der Waals surface area contributed by atoms with Gasteiger partial charge in [-0.15, -0.1) is 0 Å². The molecule has 0 N–H and O–H groups in total. The summed E-state index contributed by atoms with van der Waals surface area (Å²) in [7, 11) is 0. The van der Waals surface area contributed by atoms with Crippen LogP contribution in [0.25, 0.3) is 65.4 Å². The average Bonchev–Trinajstić information content (AvgIpc) is 3.31. The van der Waals surface area contributed by atoms with Crippen molar-refractivity contribution in [3.8, 4) is 11.1 Å². The molecule has 6 aromatic carbocycles. The first kappa shape index (κ1) is 11.9. The maximum absolute atomic E-state index is 8.70. The van der Waals surface area contributed by atoms with E-state index in [4.69, 9.17) is 12.6 Å². The van der Waals surface area contributed by atoms with E-state index in [0.29, 0.717) is 16.4 Å². The second-order valence-corrected chi connectivity index (χ2v) is 7.68. The van der Waals surface area contributed by atoms with E-state index < -0.39 is 6.04 Å². The fraction of sp³-hybridized carbons (Fsp3) is 0. The van der Waals surface area contributed by atoms with E-state index in [9.17, 15) is 0 Å². The van der Waals surface area contributed by atoms with Gasteiger partial charge in [-0.25, -0.2) is 0 Å². The van der Waals surface area contributed by atoms with Crippen LogP contribution in [-0.2, 0) is 0 Å². The minimum atomic E-state index is -0.416. The fourth-order valence-corrected chi connectivity index (χ4v) is 4.67. The van der Waals surface area contributed by atoms with Gasteiger partial charge in [0.15, 0.2) is 0 Å². The van der Waals surface area contributed by atoms with Crippen LogP contribution in [0.1, 0.15) is 8.22 Å². The van der Waals surface area contributed by atoms with Crippen LogP contribution in [0.4, 0.5) is 0 Å². The van der Waals surface area contributed by atoms with Gasteiger partial charge in [-0.3, -0.25) is 0 Å². The molecule has 0 amide bonds. The molecule has 0 aliphatic carbocycles. The summed E-state index contributed by atoms with van der Waals surface area (Å²) in [6.07, 6.45) is 0. The van der Waals surface area contributed by atoms with Crippen molar-refractivity contribution in [2.24, 2.45) is 0 Å². The highest BCUT2D eigenvalue weighted by molar-refractivity contribution is 6.23. The molecule has 1 heteroatoms. The molecule has 1 nitrogen and oxygen atoms in total. The lowest BCUT2D eigenvalue weighted by Crippen LogP contribution is -1.86. The molecule has 0 radical (unpaired) electrons. The van der Waals surface area contributed by atoms with E-state index in [1.54, 1.807) is 0 Å². The number of furan rings is 1. The highest BCUT2D eigenvalue weighted by Gasteiger charge is 2.17. The number of hydrogen-bond donors (Lipinski definition) is 0. The first-order valence-electron chi connectivity index (χ1n) is 13.1. The zero-order valence-electron chi connectivity index (χ0n) is 22.3. The molecule has 0 bridgehead atoms. The molecule has 0 saturated heterocycles. The SMILES string of the molecule is [2H]c1c([2H])c([2H])c2c(c1[2H])c([2H])c([2H])c1oc3c(-c4c5ccccc5cc5ccccc45)cccc3c12. The van der Waals surface area contributed by atoms with Crippen molar-refractivity contribution >= 4 is 54.3 Å². The Morgan fingerprint density at radius 3 is 2.10 bits per heavy atom. The van der Waals surface area contributed by atoms with Crippen molar-refractivity contribution in [1.82, 2.24) is 0 Å². The molecule has 0 spiro atoms. The minimum absolute atomic E-state index is 0.0345. The topological polar surface area (TPSA) is 13.1 Å². The molecule has 1 heterocycles. The van der Waals surface area contributed by atoms with E-state index in [2.05, 4.69) is 30.3 Å². The standard InChI is InChI=1S/C30H18O/c1-4-11-22-19(8-1)16-17-27-29(22)26-15-7-14-25(30(26)31-27)28-23-12-5-2-9-20(23)18-21-10-3-6-13-24(21)28/h1-18H/i1D,4D,8D,11D,16D,17D. The summed E-state index contributed by atoms with van der Waals surface area (Å²) in [5, 5.41) is 5.59. The van der Waals surface area contributed by atoms with Gasteiger partial charge in [0.05, 0.1) is 8.22 Å². The number of fused-ring (bicyclic) bond motifs is 7. The van der Waals surface area contributed by atoms with E-state index >= 15 is 0 Å². The third kappa shape index (κ3) is 2.32. The lowest BCUT2D eigenvalue weighted by atomic mass is 9.91. The maximum atomic E-state index is 8.70. The number of rotatable bonds is 1. The van der Waals surface area contributed by atoms with Crippen LogP contribution in [0.2, 0.25) is 0 Å². The molecule has 0 atom stereocenters. The Kier molecular flexibility index (Phi) is 2.38. The van der Waals surface area contributed by atoms with E-state index in [-0.39, 0.29) is 46.6 Å². The van der Waals surface area contributed by atoms with Gasteiger partial charge in [0.25, 0.3) is 0 Å². The Labute approximate surface area is 187 Å². The predicted octanol–water partition coefficient (Wildman–Crippen LogP) is 8.71. The van der Waals surface area contributed by atoms with Crippen LogP contribution in [-0.4, -0.2) is 0 Å². The monoisotopic (exact) mass is 400 g/mol. The lowest BCUT2D eigenvalue weighted by Gasteiger charge is -2.12. The average molecular weight is 401 g/mol. The van der Waals surface area contributed by atoms with Gasteiger partial charge in [0.2, 0.25) is 0 Å². The third-order valence-electron chi connectivity index (χ3n) is 5.99. The van der Waals surface area contributed by atoms with Crippen molar-refractivity contribution in [3.05, 3.63) is 109 Å². The molecule has 0 aliphatic heterocycles. The molecule has 7 rings (SSSR count). The zero-order chi connectivity index (χ0) is 25.6. The van der Waals surface area contributed by atoms with Gasteiger partial charge < -0.3 is 4.42 Å². The summed E-state index contributed by atoms with van der Waals surface area (Å²) in [5.41, 5.74) is 2.48.